The molecule has 7 nitrogen and oxygen atoms in total. The van der Waals surface area contributed by atoms with E-state index >= 15 is 0 Å². The molecular formula is C13H9N5O2S. The van der Waals surface area contributed by atoms with E-state index in [9.17, 15) is 9.59 Å². The van der Waals surface area contributed by atoms with Crippen molar-refractivity contribution in [3.8, 4) is 0 Å². The fraction of sp³-hybridized carbons (Fsp3) is 0. The second kappa shape index (κ2) is 5.63. The summed E-state index contributed by atoms with van der Waals surface area (Å²) >= 11 is 1.33. The molecule has 2 N–H and O–H groups in total. The van der Waals surface area contributed by atoms with E-state index < -0.39 is 5.91 Å². The lowest BCUT2D eigenvalue weighted by Crippen LogP contribution is -2.17. The number of hydrogen-bond donors (Lipinski definition) is 2. The SMILES string of the molecule is O=C(Nc1nn[nH]n1)c1ccccc1C(=O)c1cccs1. The summed E-state index contributed by atoms with van der Waals surface area (Å²) in [5.41, 5.74) is 0.599. The van der Waals surface area contributed by atoms with Gasteiger partial charge < -0.3 is 0 Å². The van der Waals surface area contributed by atoms with Crippen LogP contribution in [0.5, 0.6) is 0 Å². The molecule has 0 aliphatic carbocycles. The van der Waals surface area contributed by atoms with Gasteiger partial charge in [-0.25, -0.2) is 0 Å². The highest BCUT2D eigenvalue weighted by atomic mass is 32.1. The van der Waals surface area contributed by atoms with Crippen molar-refractivity contribution < 1.29 is 9.59 Å². The summed E-state index contributed by atoms with van der Waals surface area (Å²) in [6.45, 7) is 0. The van der Waals surface area contributed by atoms with Gasteiger partial charge in [-0.3, -0.25) is 14.9 Å². The number of benzene rings is 1. The number of ketones is 1. The molecule has 0 saturated heterocycles. The molecule has 0 bridgehead atoms. The molecule has 2 heterocycles. The predicted molar refractivity (Wildman–Crippen MR) is 76.3 cm³/mol. The summed E-state index contributed by atoms with van der Waals surface area (Å²) in [6.07, 6.45) is 0. The molecule has 0 fully saturated rings. The van der Waals surface area contributed by atoms with Crippen molar-refractivity contribution in [2.24, 2.45) is 0 Å². The molecule has 0 atom stereocenters. The van der Waals surface area contributed by atoms with Crippen LogP contribution in [-0.4, -0.2) is 32.3 Å². The molecule has 0 saturated carbocycles. The Bertz CT molecular complexity index is 768. The zero-order valence-electron chi connectivity index (χ0n) is 10.6. The lowest BCUT2D eigenvalue weighted by molar-refractivity contribution is 0.0997. The van der Waals surface area contributed by atoms with E-state index in [0.717, 1.165) is 0 Å². The van der Waals surface area contributed by atoms with Crippen LogP contribution in [0, 0.1) is 0 Å². The fourth-order valence-electron chi connectivity index (χ4n) is 1.80. The molecule has 8 heteroatoms. The minimum atomic E-state index is -0.461. The maximum atomic E-state index is 12.4. The van der Waals surface area contributed by atoms with E-state index in [2.05, 4.69) is 25.9 Å². The van der Waals surface area contributed by atoms with Gasteiger partial charge in [0.25, 0.3) is 11.9 Å². The Morgan fingerprint density at radius 2 is 1.90 bits per heavy atom. The molecular weight excluding hydrogens is 290 g/mol. The number of aromatic amines is 1. The van der Waals surface area contributed by atoms with Crippen LogP contribution in [0.2, 0.25) is 0 Å². The molecule has 104 valence electrons. The molecule has 3 rings (SSSR count). The van der Waals surface area contributed by atoms with Crippen molar-refractivity contribution in [2.45, 2.75) is 0 Å². The number of nitrogens with one attached hydrogen (secondary N) is 2. The van der Waals surface area contributed by atoms with Crippen molar-refractivity contribution in [1.29, 1.82) is 0 Å². The molecule has 1 aromatic carbocycles. The Labute approximate surface area is 123 Å². The topological polar surface area (TPSA) is 101 Å². The first-order valence-electron chi connectivity index (χ1n) is 5.98. The highest BCUT2D eigenvalue weighted by molar-refractivity contribution is 7.12. The monoisotopic (exact) mass is 299 g/mol. The molecule has 0 spiro atoms. The number of nitrogens with zero attached hydrogens (tertiary/aromatic N) is 3. The van der Waals surface area contributed by atoms with Gasteiger partial charge in [0.1, 0.15) is 0 Å². The van der Waals surface area contributed by atoms with Gasteiger partial charge in [0.05, 0.1) is 10.4 Å². The zero-order valence-corrected chi connectivity index (χ0v) is 11.4. The Kier molecular flexibility index (Phi) is 3.52. The summed E-state index contributed by atoms with van der Waals surface area (Å²) in [5.74, 6) is -0.598. The molecule has 1 amide bonds. The summed E-state index contributed by atoms with van der Waals surface area (Å²) in [7, 11) is 0. The van der Waals surface area contributed by atoms with E-state index in [1.807, 2.05) is 5.38 Å². The molecule has 21 heavy (non-hydrogen) atoms. The lowest BCUT2D eigenvalue weighted by Gasteiger charge is -2.06. The number of anilines is 1. The molecule has 2 aromatic heterocycles. The Morgan fingerprint density at radius 3 is 2.57 bits per heavy atom. The summed E-state index contributed by atoms with van der Waals surface area (Å²) in [6, 6.07) is 10.1. The van der Waals surface area contributed by atoms with Crippen LogP contribution in [0.25, 0.3) is 0 Å². The number of rotatable bonds is 4. The molecule has 0 radical (unpaired) electrons. The van der Waals surface area contributed by atoms with E-state index in [1.165, 1.54) is 11.3 Å². The van der Waals surface area contributed by atoms with Crippen LogP contribution in [0.4, 0.5) is 5.95 Å². The standard InChI is InChI=1S/C13H9N5O2S/c19-11(10-6-3-7-21-10)8-4-1-2-5-9(8)12(20)14-13-15-17-18-16-13/h1-7H,(H2,14,15,16,17,18,20). The molecule has 0 aliphatic rings. The first-order valence-corrected chi connectivity index (χ1v) is 6.85. The minimum absolute atomic E-state index is 0.0541. The number of H-pyrrole nitrogens is 1. The van der Waals surface area contributed by atoms with Crippen LogP contribution >= 0.6 is 11.3 Å². The summed E-state index contributed by atoms with van der Waals surface area (Å²) < 4.78 is 0. The Hall–Kier alpha value is -2.87. The Balaban J connectivity index is 1.92. The van der Waals surface area contributed by atoms with Crippen molar-refractivity contribution in [1.82, 2.24) is 20.6 Å². The number of thiophene rings is 1. The van der Waals surface area contributed by atoms with Gasteiger partial charge in [-0.2, -0.15) is 5.21 Å². The van der Waals surface area contributed by atoms with E-state index in [1.54, 1.807) is 36.4 Å². The number of aromatic nitrogens is 4. The van der Waals surface area contributed by atoms with Crippen LogP contribution in [0.3, 0.4) is 0 Å². The number of hydrogen-bond acceptors (Lipinski definition) is 6. The number of carbonyl (C=O) groups is 2. The van der Waals surface area contributed by atoms with Gasteiger partial charge >= 0.3 is 0 Å². The molecule has 0 aliphatic heterocycles. The summed E-state index contributed by atoms with van der Waals surface area (Å²) in [4.78, 5) is 25.2. The van der Waals surface area contributed by atoms with Crippen LogP contribution < -0.4 is 5.32 Å². The predicted octanol–water partition coefficient (Wildman–Crippen LogP) is 1.74. The molecule has 0 unspecified atom stereocenters. The largest absolute Gasteiger partial charge is 0.288 e. The normalized spacial score (nSPS) is 10.3. The minimum Gasteiger partial charge on any atom is -0.288 e. The van der Waals surface area contributed by atoms with Crippen molar-refractivity contribution in [2.75, 3.05) is 5.32 Å². The van der Waals surface area contributed by atoms with Crippen LogP contribution in [0.1, 0.15) is 25.6 Å². The van der Waals surface area contributed by atoms with Gasteiger partial charge in [-0.05, 0) is 22.7 Å². The maximum absolute atomic E-state index is 12.4. The van der Waals surface area contributed by atoms with Gasteiger partial charge in [0.2, 0.25) is 5.78 Å². The lowest BCUT2D eigenvalue weighted by atomic mass is 10.0. The third-order valence-electron chi connectivity index (χ3n) is 2.73. The van der Waals surface area contributed by atoms with E-state index in [0.29, 0.717) is 10.4 Å². The third-order valence-corrected chi connectivity index (χ3v) is 3.60. The number of carbonyl (C=O) groups excluding carboxylic acids is 2. The number of amides is 1. The van der Waals surface area contributed by atoms with Gasteiger partial charge in [0.15, 0.2) is 0 Å². The highest BCUT2D eigenvalue weighted by Crippen LogP contribution is 2.18. The Morgan fingerprint density at radius 1 is 1.10 bits per heavy atom. The van der Waals surface area contributed by atoms with E-state index in [4.69, 9.17) is 0 Å². The van der Waals surface area contributed by atoms with Gasteiger partial charge in [-0.15, -0.1) is 16.4 Å². The average Bonchev–Trinajstić information content (AvgIpc) is 3.19. The van der Waals surface area contributed by atoms with Crippen molar-refractivity contribution in [3.05, 3.63) is 57.8 Å². The van der Waals surface area contributed by atoms with Gasteiger partial charge in [-0.1, -0.05) is 29.4 Å². The highest BCUT2D eigenvalue weighted by Gasteiger charge is 2.19. The molecule has 3 aromatic rings. The quantitative estimate of drug-likeness (QED) is 0.715. The second-order valence-corrected chi connectivity index (χ2v) is 4.99. The van der Waals surface area contributed by atoms with Crippen molar-refractivity contribution in [3.63, 3.8) is 0 Å². The zero-order chi connectivity index (χ0) is 14.7. The average molecular weight is 299 g/mol. The van der Waals surface area contributed by atoms with Crippen molar-refractivity contribution >= 4 is 29.0 Å². The van der Waals surface area contributed by atoms with E-state index in [-0.39, 0.29) is 17.3 Å². The summed E-state index contributed by atoms with van der Waals surface area (Å²) in [5, 5.41) is 17.2. The third kappa shape index (κ3) is 2.70. The van der Waals surface area contributed by atoms with Crippen LogP contribution in [-0.2, 0) is 0 Å². The first-order chi connectivity index (χ1) is 10.3. The van der Waals surface area contributed by atoms with Gasteiger partial charge in [0, 0.05) is 5.56 Å². The smallest absolute Gasteiger partial charge is 0.270 e. The first kappa shape index (κ1) is 13.1. The fourth-order valence-corrected chi connectivity index (χ4v) is 2.48. The number of tetrazole rings is 1. The second-order valence-electron chi connectivity index (χ2n) is 4.04. The maximum Gasteiger partial charge on any atom is 0.270 e. The van der Waals surface area contributed by atoms with Crippen LogP contribution in [0.15, 0.2) is 41.8 Å².